The Hall–Kier alpha value is -2.18. The van der Waals surface area contributed by atoms with Gasteiger partial charge >= 0.3 is 11.7 Å². The van der Waals surface area contributed by atoms with E-state index in [4.69, 9.17) is 5.11 Å². The van der Waals surface area contributed by atoms with Gasteiger partial charge in [-0.1, -0.05) is 20.8 Å². The van der Waals surface area contributed by atoms with Crippen molar-refractivity contribution in [3.8, 4) is 0 Å². The molecule has 7 nitrogen and oxygen atoms in total. The van der Waals surface area contributed by atoms with Gasteiger partial charge in [0.15, 0.2) is 0 Å². The van der Waals surface area contributed by atoms with Crippen molar-refractivity contribution in [2.24, 2.45) is 5.41 Å². The van der Waals surface area contributed by atoms with E-state index in [-0.39, 0.29) is 23.3 Å². The molecule has 1 aromatic rings. The van der Waals surface area contributed by atoms with E-state index in [1.165, 1.54) is 18.3 Å². The minimum absolute atomic E-state index is 0.101. The van der Waals surface area contributed by atoms with Crippen molar-refractivity contribution < 1.29 is 14.8 Å². The Kier molecular flexibility index (Phi) is 5.01. The van der Waals surface area contributed by atoms with Gasteiger partial charge in [-0.25, -0.2) is 4.98 Å². The number of rotatable bonds is 6. The molecule has 0 saturated heterocycles. The van der Waals surface area contributed by atoms with Gasteiger partial charge in [-0.15, -0.1) is 0 Å². The zero-order valence-corrected chi connectivity index (χ0v) is 11.8. The SMILES string of the molecule is CC(C)(C)CC(CC(=O)O)Nc1ncccc1[N+](=O)[O-]. The van der Waals surface area contributed by atoms with E-state index in [9.17, 15) is 14.9 Å². The van der Waals surface area contributed by atoms with Gasteiger partial charge in [-0.2, -0.15) is 0 Å². The largest absolute Gasteiger partial charge is 0.481 e. The highest BCUT2D eigenvalue weighted by atomic mass is 16.6. The lowest BCUT2D eigenvalue weighted by Gasteiger charge is -2.26. The number of nitro groups is 1. The molecule has 7 heteroatoms. The van der Waals surface area contributed by atoms with Crippen LogP contribution in [0.1, 0.15) is 33.6 Å². The quantitative estimate of drug-likeness (QED) is 0.613. The molecular formula is C13H19N3O4. The second kappa shape index (κ2) is 6.31. The van der Waals surface area contributed by atoms with Crippen molar-refractivity contribution in [1.29, 1.82) is 0 Å². The van der Waals surface area contributed by atoms with E-state index in [1.54, 1.807) is 0 Å². The number of carboxylic acids is 1. The zero-order valence-electron chi connectivity index (χ0n) is 11.8. The number of pyridine rings is 1. The Balaban J connectivity index is 2.94. The summed E-state index contributed by atoms with van der Waals surface area (Å²) in [5.74, 6) is -0.849. The molecule has 0 aliphatic rings. The zero-order chi connectivity index (χ0) is 15.3. The van der Waals surface area contributed by atoms with Crippen LogP contribution in [-0.4, -0.2) is 27.0 Å². The van der Waals surface area contributed by atoms with E-state index < -0.39 is 16.9 Å². The number of aromatic nitrogens is 1. The number of carboxylic acid groups (broad SMARTS) is 1. The van der Waals surface area contributed by atoms with Crippen molar-refractivity contribution in [2.75, 3.05) is 5.32 Å². The van der Waals surface area contributed by atoms with Crippen LogP contribution >= 0.6 is 0 Å². The average Bonchev–Trinajstić information content (AvgIpc) is 2.25. The number of anilines is 1. The number of nitrogens with one attached hydrogen (secondary N) is 1. The van der Waals surface area contributed by atoms with Gasteiger partial charge in [0.1, 0.15) is 0 Å². The maximum Gasteiger partial charge on any atom is 0.311 e. The molecule has 1 heterocycles. The van der Waals surface area contributed by atoms with Gasteiger partial charge in [0, 0.05) is 18.3 Å². The van der Waals surface area contributed by atoms with Crippen LogP contribution in [0.4, 0.5) is 11.5 Å². The lowest BCUT2D eigenvalue weighted by molar-refractivity contribution is -0.384. The number of aliphatic carboxylic acids is 1. The van der Waals surface area contributed by atoms with E-state index >= 15 is 0 Å². The molecule has 0 radical (unpaired) electrons. The standard InChI is InChI=1S/C13H19N3O4/c1-13(2,3)8-9(7-11(17)18)15-12-10(16(19)20)5-4-6-14-12/h4-6,9H,7-8H2,1-3H3,(H,14,15)(H,17,18). The molecule has 0 aliphatic heterocycles. The summed E-state index contributed by atoms with van der Waals surface area (Å²) in [5.41, 5.74) is -0.256. The molecule has 2 N–H and O–H groups in total. The Morgan fingerprint density at radius 2 is 2.20 bits per heavy atom. The van der Waals surface area contributed by atoms with Gasteiger partial charge in [-0.3, -0.25) is 14.9 Å². The maximum absolute atomic E-state index is 10.9. The molecule has 1 rings (SSSR count). The summed E-state index contributed by atoms with van der Waals surface area (Å²) < 4.78 is 0. The lowest BCUT2D eigenvalue weighted by atomic mass is 9.87. The summed E-state index contributed by atoms with van der Waals surface area (Å²) in [5, 5.41) is 22.7. The maximum atomic E-state index is 10.9. The van der Waals surface area contributed by atoms with Crippen LogP contribution in [0, 0.1) is 15.5 Å². The van der Waals surface area contributed by atoms with Crippen LogP contribution in [0.2, 0.25) is 0 Å². The fraction of sp³-hybridized carbons (Fsp3) is 0.538. The third-order valence-corrected chi connectivity index (χ3v) is 2.60. The van der Waals surface area contributed by atoms with Crippen LogP contribution in [0.25, 0.3) is 0 Å². The van der Waals surface area contributed by atoms with Crippen molar-refractivity contribution in [3.05, 3.63) is 28.4 Å². The Labute approximate surface area is 117 Å². The third-order valence-electron chi connectivity index (χ3n) is 2.60. The van der Waals surface area contributed by atoms with E-state index in [1.807, 2.05) is 20.8 Å². The Morgan fingerprint density at radius 3 is 2.70 bits per heavy atom. The van der Waals surface area contributed by atoms with Crippen molar-refractivity contribution >= 4 is 17.5 Å². The van der Waals surface area contributed by atoms with Crippen molar-refractivity contribution in [2.45, 2.75) is 39.7 Å². The molecule has 0 aliphatic carbocycles. The third kappa shape index (κ3) is 5.21. The minimum Gasteiger partial charge on any atom is -0.481 e. The van der Waals surface area contributed by atoms with Crippen LogP contribution < -0.4 is 5.32 Å². The summed E-state index contributed by atoms with van der Waals surface area (Å²) >= 11 is 0. The fourth-order valence-electron chi connectivity index (χ4n) is 1.97. The molecule has 0 bridgehead atoms. The van der Waals surface area contributed by atoms with Crippen LogP contribution in [0.15, 0.2) is 18.3 Å². The minimum atomic E-state index is -0.953. The average molecular weight is 281 g/mol. The number of hydrogen-bond donors (Lipinski definition) is 2. The Morgan fingerprint density at radius 1 is 1.55 bits per heavy atom. The summed E-state index contributed by atoms with van der Waals surface area (Å²) in [6.07, 6.45) is 1.88. The normalized spacial score (nSPS) is 12.8. The van der Waals surface area contributed by atoms with Gasteiger partial charge in [0.2, 0.25) is 5.82 Å². The highest BCUT2D eigenvalue weighted by molar-refractivity contribution is 5.68. The first-order valence-corrected chi connectivity index (χ1v) is 6.27. The molecule has 0 aromatic carbocycles. The first-order valence-electron chi connectivity index (χ1n) is 6.27. The van der Waals surface area contributed by atoms with Crippen molar-refractivity contribution in [3.63, 3.8) is 0 Å². The highest BCUT2D eigenvalue weighted by Crippen LogP contribution is 2.27. The Bertz CT molecular complexity index is 497. The van der Waals surface area contributed by atoms with Crippen LogP contribution in [-0.2, 0) is 4.79 Å². The molecule has 1 atom stereocenters. The predicted molar refractivity (Wildman–Crippen MR) is 74.6 cm³/mol. The lowest BCUT2D eigenvalue weighted by Crippen LogP contribution is -2.29. The van der Waals surface area contributed by atoms with Gasteiger partial charge in [0.25, 0.3) is 0 Å². The first kappa shape index (κ1) is 15.9. The molecule has 110 valence electrons. The smallest absolute Gasteiger partial charge is 0.311 e. The molecular weight excluding hydrogens is 262 g/mol. The number of hydrogen-bond acceptors (Lipinski definition) is 5. The second-order valence-corrected chi connectivity index (χ2v) is 5.83. The van der Waals surface area contributed by atoms with Crippen molar-refractivity contribution in [1.82, 2.24) is 4.98 Å². The summed E-state index contributed by atoms with van der Waals surface area (Å²) in [6, 6.07) is 2.39. The summed E-state index contributed by atoms with van der Waals surface area (Å²) in [7, 11) is 0. The van der Waals surface area contributed by atoms with Crippen LogP contribution in [0.3, 0.4) is 0 Å². The van der Waals surface area contributed by atoms with Crippen LogP contribution in [0.5, 0.6) is 0 Å². The number of nitrogens with zero attached hydrogens (tertiary/aromatic N) is 2. The molecule has 0 saturated carbocycles. The van der Waals surface area contributed by atoms with E-state index in [2.05, 4.69) is 10.3 Å². The van der Waals surface area contributed by atoms with E-state index in [0.717, 1.165) is 0 Å². The van der Waals surface area contributed by atoms with Gasteiger partial charge < -0.3 is 10.4 Å². The summed E-state index contributed by atoms with van der Waals surface area (Å²) in [6.45, 7) is 5.95. The topological polar surface area (TPSA) is 105 Å². The van der Waals surface area contributed by atoms with E-state index in [0.29, 0.717) is 6.42 Å². The fourth-order valence-corrected chi connectivity index (χ4v) is 1.97. The molecule has 20 heavy (non-hydrogen) atoms. The molecule has 0 spiro atoms. The monoisotopic (exact) mass is 281 g/mol. The predicted octanol–water partition coefficient (Wildman–Crippen LogP) is 2.68. The first-order chi connectivity index (χ1) is 9.19. The molecule has 1 aromatic heterocycles. The highest BCUT2D eigenvalue weighted by Gasteiger charge is 2.24. The summed E-state index contributed by atoms with van der Waals surface area (Å²) in [4.78, 5) is 25.2. The second-order valence-electron chi connectivity index (χ2n) is 5.83. The van der Waals surface area contributed by atoms with Gasteiger partial charge in [-0.05, 0) is 17.9 Å². The number of carbonyl (C=O) groups is 1. The van der Waals surface area contributed by atoms with Gasteiger partial charge in [0.05, 0.1) is 11.3 Å². The molecule has 0 amide bonds. The molecule has 1 unspecified atom stereocenters. The molecule has 0 fully saturated rings.